The number of hydrogen-bond donors (Lipinski definition) is 1. The minimum Gasteiger partial charge on any atom is -0.356 e. The molecule has 1 N–H and O–H groups in total. The Morgan fingerprint density at radius 3 is 2.33 bits per heavy atom. The lowest BCUT2D eigenvalue weighted by atomic mass is 10.1. The molecule has 0 bridgehead atoms. The van der Waals surface area contributed by atoms with Gasteiger partial charge >= 0.3 is 0 Å². The van der Waals surface area contributed by atoms with Crippen LogP contribution in [0.4, 0.5) is 0 Å². The maximum Gasteiger partial charge on any atom is 0.0899 e. The largest absolute Gasteiger partial charge is 0.356 e. The fourth-order valence-electron chi connectivity index (χ4n) is 1.19. The number of nitrogens with one attached hydrogen (secondary N) is 1. The standard InChI is InChI=1S/C10H8BrN/c11-10-9(6-7-12-10)8-4-2-1-3-5-8/h1-7,12H. The number of aromatic amines is 1. The predicted molar refractivity (Wildman–Crippen MR) is 53.9 cm³/mol. The van der Waals surface area contributed by atoms with Crippen LogP contribution in [0.1, 0.15) is 0 Å². The fourth-order valence-corrected chi connectivity index (χ4v) is 1.68. The van der Waals surface area contributed by atoms with E-state index in [1.54, 1.807) is 0 Å². The SMILES string of the molecule is Brc1[nH]ccc1-c1ccccc1. The molecule has 0 aliphatic carbocycles. The van der Waals surface area contributed by atoms with Gasteiger partial charge in [-0.05, 0) is 27.6 Å². The van der Waals surface area contributed by atoms with Gasteiger partial charge in [-0.3, -0.25) is 0 Å². The van der Waals surface area contributed by atoms with Crippen LogP contribution in [0.2, 0.25) is 0 Å². The molecule has 1 nitrogen and oxygen atoms in total. The van der Waals surface area contributed by atoms with Crippen molar-refractivity contribution in [2.45, 2.75) is 0 Å². The topological polar surface area (TPSA) is 15.8 Å². The van der Waals surface area contributed by atoms with E-state index in [1.165, 1.54) is 11.1 Å². The summed E-state index contributed by atoms with van der Waals surface area (Å²) >= 11 is 3.45. The molecular weight excluding hydrogens is 214 g/mol. The van der Waals surface area contributed by atoms with Crippen LogP contribution in [0.5, 0.6) is 0 Å². The molecule has 2 heteroatoms. The van der Waals surface area contributed by atoms with E-state index in [0.717, 1.165) is 4.60 Å². The van der Waals surface area contributed by atoms with Crippen molar-refractivity contribution in [2.24, 2.45) is 0 Å². The van der Waals surface area contributed by atoms with Gasteiger partial charge in [0.25, 0.3) is 0 Å². The Morgan fingerprint density at radius 1 is 1.00 bits per heavy atom. The molecule has 2 aromatic rings. The molecule has 12 heavy (non-hydrogen) atoms. The number of H-pyrrole nitrogens is 1. The molecule has 0 unspecified atom stereocenters. The van der Waals surface area contributed by atoms with Crippen LogP contribution in [0, 0.1) is 0 Å². The third-order valence-corrected chi connectivity index (χ3v) is 2.44. The first-order chi connectivity index (χ1) is 5.88. The molecule has 0 aliphatic rings. The summed E-state index contributed by atoms with van der Waals surface area (Å²) in [7, 11) is 0. The first kappa shape index (κ1) is 7.62. The Balaban J connectivity index is 2.51. The third-order valence-electron chi connectivity index (χ3n) is 1.78. The summed E-state index contributed by atoms with van der Waals surface area (Å²) in [6.07, 6.45) is 1.92. The van der Waals surface area contributed by atoms with Crippen molar-refractivity contribution in [2.75, 3.05) is 0 Å². The predicted octanol–water partition coefficient (Wildman–Crippen LogP) is 3.44. The minimum absolute atomic E-state index is 1.04. The molecule has 60 valence electrons. The molecule has 1 aromatic heterocycles. The Morgan fingerprint density at radius 2 is 1.75 bits per heavy atom. The maximum atomic E-state index is 3.45. The number of aromatic nitrogens is 1. The molecule has 0 radical (unpaired) electrons. The van der Waals surface area contributed by atoms with Gasteiger partial charge in [-0.15, -0.1) is 0 Å². The van der Waals surface area contributed by atoms with E-state index in [0.29, 0.717) is 0 Å². The summed E-state index contributed by atoms with van der Waals surface area (Å²) in [5.41, 5.74) is 2.43. The summed E-state index contributed by atoms with van der Waals surface area (Å²) in [4.78, 5) is 3.08. The number of benzene rings is 1. The second-order valence-corrected chi connectivity index (χ2v) is 3.36. The summed E-state index contributed by atoms with van der Waals surface area (Å²) < 4.78 is 1.04. The van der Waals surface area contributed by atoms with Gasteiger partial charge < -0.3 is 4.98 Å². The molecule has 0 aliphatic heterocycles. The van der Waals surface area contributed by atoms with Crippen LogP contribution >= 0.6 is 15.9 Å². The first-order valence-electron chi connectivity index (χ1n) is 3.76. The van der Waals surface area contributed by atoms with Gasteiger partial charge in [-0.25, -0.2) is 0 Å². The fraction of sp³-hybridized carbons (Fsp3) is 0. The Labute approximate surface area is 79.6 Å². The second-order valence-electron chi connectivity index (χ2n) is 2.57. The van der Waals surface area contributed by atoms with Gasteiger partial charge in [-0.1, -0.05) is 30.3 Å². The lowest BCUT2D eigenvalue weighted by Gasteiger charge is -1.96. The average molecular weight is 222 g/mol. The maximum absolute atomic E-state index is 3.45. The van der Waals surface area contributed by atoms with Gasteiger partial charge in [0, 0.05) is 11.8 Å². The minimum atomic E-state index is 1.04. The molecular formula is C10H8BrN. The van der Waals surface area contributed by atoms with Crippen molar-refractivity contribution in [1.29, 1.82) is 0 Å². The highest BCUT2D eigenvalue weighted by Crippen LogP contribution is 2.26. The quantitative estimate of drug-likeness (QED) is 0.760. The van der Waals surface area contributed by atoms with Crippen LogP contribution in [0.3, 0.4) is 0 Å². The molecule has 0 amide bonds. The van der Waals surface area contributed by atoms with E-state index >= 15 is 0 Å². The van der Waals surface area contributed by atoms with Gasteiger partial charge in [-0.2, -0.15) is 0 Å². The van der Waals surface area contributed by atoms with Gasteiger partial charge in [0.05, 0.1) is 4.60 Å². The molecule has 0 saturated heterocycles. The highest BCUT2D eigenvalue weighted by Gasteiger charge is 2.01. The molecule has 2 rings (SSSR count). The number of rotatable bonds is 1. The van der Waals surface area contributed by atoms with Crippen LogP contribution in [-0.2, 0) is 0 Å². The van der Waals surface area contributed by atoms with Crippen molar-refractivity contribution in [3.8, 4) is 11.1 Å². The molecule has 0 saturated carbocycles. The summed E-state index contributed by atoms with van der Waals surface area (Å²) in [5, 5.41) is 0. The number of halogens is 1. The van der Waals surface area contributed by atoms with Crippen molar-refractivity contribution < 1.29 is 0 Å². The lowest BCUT2D eigenvalue weighted by Crippen LogP contribution is -1.72. The van der Waals surface area contributed by atoms with Crippen molar-refractivity contribution in [3.63, 3.8) is 0 Å². The molecule has 0 spiro atoms. The normalized spacial score (nSPS) is 10.1. The zero-order chi connectivity index (χ0) is 8.39. The summed E-state index contributed by atoms with van der Waals surface area (Å²) in [6, 6.07) is 12.3. The Hall–Kier alpha value is -1.02. The van der Waals surface area contributed by atoms with Crippen LogP contribution in [-0.4, -0.2) is 4.98 Å². The van der Waals surface area contributed by atoms with Crippen molar-refractivity contribution in [1.82, 2.24) is 4.98 Å². The Kier molecular flexibility index (Phi) is 2.00. The van der Waals surface area contributed by atoms with E-state index in [4.69, 9.17) is 0 Å². The van der Waals surface area contributed by atoms with E-state index in [-0.39, 0.29) is 0 Å². The Bertz CT molecular complexity index is 364. The summed E-state index contributed by atoms with van der Waals surface area (Å²) in [6.45, 7) is 0. The zero-order valence-electron chi connectivity index (χ0n) is 6.42. The summed E-state index contributed by atoms with van der Waals surface area (Å²) in [5.74, 6) is 0. The van der Waals surface area contributed by atoms with E-state index in [2.05, 4.69) is 39.1 Å². The van der Waals surface area contributed by atoms with E-state index < -0.39 is 0 Å². The van der Waals surface area contributed by atoms with Gasteiger partial charge in [0.15, 0.2) is 0 Å². The van der Waals surface area contributed by atoms with Crippen molar-refractivity contribution in [3.05, 3.63) is 47.2 Å². The van der Waals surface area contributed by atoms with Crippen LogP contribution in [0.25, 0.3) is 11.1 Å². The monoisotopic (exact) mass is 221 g/mol. The van der Waals surface area contributed by atoms with Gasteiger partial charge in [0.1, 0.15) is 0 Å². The molecule has 0 fully saturated rings. The number of hydrogen-bond acceptors (Lipinski definition) is 0. The first-order valence-corrected chi connectivity index (χ1v) is 4.55. The highest BCUT2D eigenvalue weighted by molar-refractivity contribution is 9.10. The van der Waals surface area contributed by atoms with Crippen LogP contribution in [0.15, 0.2) is 47.2 Å². The third kappa shape index (κ3) is 1.30. The zero-order valence-corrected chi connectivity index (χ0v) is 8.01. The van der Waals surface area contributed by atoms with Gasteiger partial charge in [0.2, 0.25) is 0 Å². The van der Waals surface area contributed by atoms with Crippen molar-refractivity contribution >= 4 is 15.9 Å². The second kappa shape index (κ2) is 3.15. The molecule has 1 heterocycles. The highest BCUT2D eigenvalue weighted by atomic mass is 79.9. The smallest absolute Gasteiger partial charge is 0.0899 e. The van der Waals surface area contributed by atoms with Crippen LogP contribution < -0.4 is 0 Å². The molecule has 1 aromatic carbocycles. The molecule has 0 atom stereocenters. The van der Waals surface area contributed by atoms with E-state index in [1.807, 2.05) is 24.4 Å². The lowest BCUT2D eigenvalue weighted by molar-refractivity contribution is 1.36. The average Bonchev–Trinajstić information content (AvgIpc) is 2.53. The van der Waals surface area contributed by atoms with E-state index in [9.17, 15) is 0 Å².